The molecule has 0 radical (unpaired) electrons. The third-order valence-electron chi connectivity index (χ3n) is 3.28. The first-order valence-electron chi connectivity index (χ1n) is 6.95. The van der Waals surface area contributed by atoms with Crippen molar-refractivity contribution < 1.29 is 5.82 Å². The molecule has 0 aliphatic carbocycles. The lowest BCUT2D eigenvalue weighted by Gasteiger charge is -2.18. The lowest BCUT2D eigenvalue weighted by molar-refractivity contribution is 0.625. The predicted molar refractivity (Wildman–Crippen MR) is 81.3 cm³/mol. The van der Waals surface area contributed by atoms with Crippen LogP contribution >= 0.6 is 0 Å². The molecule has 4 heteroatoms. The summed E-state index contributed by atoms with van der Waals surface area (Å²) in [5.74, 6) is 0.894. The van der Waals surface area contributed by atoms with Crippen LogP contribution in [0, 0.1) is 5.82 Å². The highest BCUT2D eigenvalue weighted by molar-refractivity contribution is 5.37. The Kier molecular flexibility index (Phi) is 4.66. The first-order valence-corrected chi connectivity index (χ1v) is 6.95. The fourth-order valence-corrected chi connectivity index (χ4v) is 2.02. The van der Waals surface area contributed by atoms with E-state index in [0.717, 1.165) is 23.5 Å². The van der Waals surface area contributed by atoms with Crippen molar-refractivity contribution in [2.24, 2.45) is 0 Å². The molecule has 2 rings (SSSR count). The fourth-order valence-electron chi connectivity index (χ4n) is 2.02. The maximum atomic E-state index is 13.0. The van der Waals surface area contributed by atoms with Gasteiger partial charge in [0, 0.05) is 1.43 Å². The van der Waals surface area contributed by atoms with E-state index in [4.69, 9.17) is 0 Å². The molecule has 1 aromatic carbocycles. The van der Waals surface area contributed by atoms with Crippen LogP contribution in [0.25, 0.3) is 0 Å². The van der Waals surface area contributed by atoms with E-state index in [0.29, 0.717) is 5.92 Å². The highest BCUT2D eigenvalue weighted by atomic mass is 19.1. The lowest BCUT2D eigenvalue weighted by Crippen LogP contribution is -2.11. The van der Waals surface area contributed by atoms with Gasteiger partial charge in [-0.2, -0.15) is 5.10 Å². The molecule has 20 heavy (non-hydrogen) atoms. The van der Waals surface area contributed by atoms with Crippen LogP contribution in [0.2, 0.25) is 0 Å². The summed E-state index contributed by atoms with van der Waals surface area (Å²) in [6.45, 7) is 6.26. The van der Waals surface area contributed by atoms with Gasteiger partial charge in [-0.05, 0) is 42.2 Å². The van der Waals surface area contributed by atoms with E-state index < -0.39 is 0 Å². The fraction of sp³-hybridized carbons (Fsp3) is 0.375. The Labute approximate surface area is 120 Å². The summed E-state index contributed by atoms with van der Waals surface area (Å²) in [7, 11) is 0. The molecule has 3 nitrogen and oxygen atoms in total. The van der Waals surface area contributed by atoms with E-state index in [-0.39, 0.29) is 13.3 Å². The minimum Gasteiger partial charge on any atom is -0.362 e. The van der Waals surface area contributed by atoms with Crippen LogP contribution in [0.3, 0.4) is 0 Å². The molecule has 1 heterocycles. The standard InChI is InChI=1S/C16H20FN3.H2/c1-4-14(12-5-7-13(17)8-6-12)18-16-10-9-15(11(2)3)19-20-16;/h5-11,14H,4H2,1-3H3,(H,18,20);1H/t14-;/m0./s1. The largest absolute Gasteiger partial charge is 0.362 e. The van der Waals surface area contributed by atoms with Gasteiger partial charge < -0.3 is 5.32 Å². The van der Waals surface area contributed by atoms with Crippen LogP contribution in [-0.4, -0.2) is 10.2 Å². The quantitative estimate of drug-likeness (QED) is 0.870. The smallest absolute Gasteiger partial charge is 0.149 e. The van der Waals surface area contributed by atoms with E-state index in [1.165, 1.54) is 12.1 Å². The van der Waals surface area contributed by atoms with E-state index >= 15 is 0 Å². The molecule has 108 valence electrons. The topological polar surface area (TPSA) is 37.8 Å². The number of halogens is 1. The van der Waals surface area contributed by atoms with Crippen LogP contribution in [0.4, 0.5) is 10.2 Å². The van der Waals surface area contributed by atoms with Crippen molar-refractivity contribution in [1.29, 1.82) is 0 Å². The first kappa shape index (κ1) is 14.4. The first-order chi connectivity index (χ1) is 9.60. The molecule has 1 aromatic heterocycles. The summed E-state index contributed by atoms with van der Waals surface area (Å²) in [5, 5.41) is 11.7. The number of nitrogens with zero attached hydrogens (tertiary/aromatic N) is 2. The molecule has 0 amide bonds. The summed E-state index contributed by atoms with van der Waals surface area (Å²) in [5.41, 5.74) is 2.02. The molecule has 0 saturated heterocycles. The molecular weight excluding hydrogens is 253 g/mol. The molecule has 0 aliphatic heterocycles. The van der Waals surface area contributed by atoms with Crippen molar-refractivity contribution in [3.63, 3.8) is 0 Å². The van der Waals surface area contributed by atoms with E-state index in [1.807, 2.05) is 12.1 Å². The molecule has 0 fully saturated rings. The van der Waals surface area contributed by atoms with Crippen LogP contribution in [0.5, 0.6) is 0 Å². The van der Waals surface area contributed by atoms with Crippen molar-refractivity contribution in [3.05, 3.63) is 53.5 Å². The Balaban J connectivity index is 0.00000220. The maximum absolute atomic E-state index is 13.0. The summed E-state index contributed by atoms with van der Waals surface area (Å²) in [6, 6.07) is 10.6. The van der Waals surface area contributed by atoms with Crippen molar-refractivity contribution in [3.8, 4) is 0 Å². The van der Waals surface area contributed by atoms with Gasteiger partial charge in [0.25, 0.3) is 0 Å². The number of hydrogen-bond donors (Lipinski definition) is 1. The molecule has 0 unspecified atom stereocenters. The lowest BCUT2D eigenvalue weighted by atomic mass is 10.0. The molecule has 0 aliphatic rings. The minimum atomic E-state index is -0.218. The van der Waals surface area contributed by atoms with Gasteiger partial charge in [0.2, 0.25) is 0 Å². The van der Waals surface area contributed by atoms with Crippen LogP contribution in [0.1, 0.15) is 51.8 Å². The SMILES string of the molecule is CC[C@H](Nc1ccc(C(C)C)nn1)c1ccc(F)cc1.[HH]. The van der Waals surface area contributed by atoms with Crippen LogP contribution < -0.4 is 5.32 Å². The third kappa shape index (κ3) is 3.53. The average molecular weight is 275 g/mol. The Morgan fingerprint density at radius 2 is 1.80 bits per heavy atom. The zero-order chi connectivity index (χ0) is 14.5. The summed E-state index contributed by atoms with van der Waals surface area (Å²) < 4.78 is 13.0. The van der Waals surface area contributed by atoms with Gasteiger partial charge in [0.15, 0.2) is 0 Å². The Hall–Kier alpha value is -1.97. The zero-order valence-corrected chi connectivity index (χ0v) is 12.1. The normalized spacial score (nSPS) is 12.4. The molecule has 1 N–H and O–H groups in total. The minimum absolute atomic E-state index is 0. The van der Waals surface area contributed by atoms with Crippen molar-refractivity contribution in [2.75, 3.05) is 5.32 Å². The van der Waals surface area contributed by atoms with Gasteiger partial charge in [0.1, 0.15) is 11.6 Å². The van der Waals surface area contributed by atoms with Crippen molar-refractivity contribution in [1.82, 2.24) is 10.2 Å². The second-order valence-electron chi connectivity index (χ2n) is 5.15. The van der Waals surface area contributed by atoms with E-state index in [1.54, 1.807) is 12.1 Å². The Bertz CT molecular complexity index is 540. The van der Waals surface area contributed by atoms with Crippen molar-refractivity contribution in [2.45, 2.75) is 39.2 Å². The molecule has 0 spiro atoms. The monoisotopic (exact) mass is 275 g/mol. The number of nitrogens with one attached hydrogen (secondary N) is 1. The van der Waals surface area contributed by atoms with Gasteiger partial charge in [-0.3, -0.25) is 0 Å². The molecule has 0 saturated carbocycles. The summed E-state index contributed by atoms with van der Waals surface area (Å²) in [6.07, 6.45) is 0.888. The average Bonchev–Trinajstić information content (AvgIpc) is 2.46. The van der Waals surface area contributed by atoms with E-state index in [2.05, 4.69) is 36.3 Å². The summed E-state index contributed by atoms with van der Waals surface area (Å²) in [4.78, 5) is 0. The highest BCUT2D eigenvalue weighted by Crippen LogP contribution is 2.22. The Morgan fingerprint density at radius 1 is 1.10 bits per heavy atom. The number of anilines is 1. The maximum Gasteiger partial charge on any atom is 0.149 e. The molecule has 2 aromatic rings. The number of benzene rings is 1. The summed E-state index contributed by atoms with van der Waals surface area (Å²) >= 11 is 0. The third-order valence-corrected chi connectivity index (χ3v) is 3.28. The molecule has 0 bridgehead atoms. The predicted octanol–water partition coefficient (Wildman–Crippen LogP) is 4.55. The Morgan fingerprint density at radius 3 is 2.30 bits per heavy atom. The van der Waals surface area contributed by atoms with Crippen molar-refractivity contribution >= 4 is 5.82 Å². The van der Waals surface area contributed by atoms with Crippen LogP contribution in [-0.2, 0) is 0 Å². The van der Waals surface area contributed by atoms with Gasteiger partial charge in [-0.25, -0.2) is 4.39 Å². The zero-order valence-electron chi connectivity index (χ0n) is 12.1. The van der Waals surface area contributed by atoms with Gasteiger partial charge in [-0.1, -0.05) is 32.9 Å². The number of rotatable bonds is 5. The van der Waals surface area contributed by atoms with Gasteiger partial charge in [-0.15, -0.1) is 5.10 Å². The number of hydrogen-bond acceptors (Lipinski definition) is 3. The molecule has 1 atom stereocenters. The second kappa shape index (κ2) is 6.46. The van der Waals surface area contributed by atoms with Gasteiger partial charge in [0.05, 0.1) is 11.7 Å². The number of aromatic nitrogens is 2. The highest BCUT2D eigenvalue weighted by Gasteiger charge is 2.10. The van der Waals surface area contributed by atoms with Crippen LogP contribution in [0.15, 0.2) is 36.4 Å². The molecular formula is C16H22FN3. The van der Waals surface area contributed by atoms with Gasteiger partial charge >= 0.3 is 0 Å². The second-order valence-corrected chi connectivity index (χ2v) is 5.15. The van der Waals surface area contributed by atoms with E-state index in [9.17, 15) is 4.39 Å².